The molecule has 21 heavy (non-hydrogen) atoms. The summed E-state index contributed by atoms with van der Waals surface area (Å²) in [5.41, 5.74) is 1.05. The van der Waals surface area contributed by atoms with Crippen molar-refractivity contribution in [1.82, 2.24) is 15.2 Å². The number of aromatic nitrogens is 1. The number of furan rings is 1. The Labute approximate surface area is 133 Å². The van der Waals surface area contributed by atoms with E-state index in [-0.39, 0.29) is 0 Å². The van der Waals surface area contributed by atoms with Crippen molar-refractivity contribution in [3.8, 4) is 0 Å². The second-order valence-corrected chi connectivity index (χ2v) is 6.29. The molecule has 0 saturated carbocycles. The molecule has 0 aromatic carbocycles. The van der Waals surface area contributed by atoms with Gasteiger partial charge in [-0.05, 0) is 66.1 Å². The number of pyridine rings is 1. The van der Waals surface area contributed by atoms with Crippen molar-refractivity contribution in [1.29, 1.82) is 0 Å². The first-order chi connectivity index (χ1) is 10.3. The lowest BCUT2D eigenvalue weighted by Gasteiger charge is -2.26. The molecule has 0 aliphatic carbocycles. The summed E-state index contributed by atoms with van der Waals surface area (Å²) in [5.74, 6) is 1.05. The quantitative estimate of drug-likeness (QED) is 0.867. The Morgan fingerprint density at radius 3 is 2.81 bits per heavy atom. The third-order valence-electron chi connectivity index (χ3n) is 3.89. The maximum Gasteiger partial charge on any atom is 0.122 e. The van der Waals surface area contributed by atoms with Gasteiger partial charge in [0, 0.05) is 23.8 Å². The Morgan fingerprint density at radius 1 is 1.29 bits per heavy atom. The van der Waals surface area contributed by atoms with Crippen molar-refractivity contribution < 1.29 is 4.42 Å². The smallest absolute Gasteiger partial charge is 0.122 e. The molecule has 2 aromatic heterocycles. The molecule has 3 heterocycles. The van der Waals surface area contributed by atoms with Crippen LogP contribution in [0.1, 0.15) is 30.3 Å². The van der Waals surface area contributed by atoms with Gasteiger partial charge in [-0.25, -0.2) is 0 Å². The van der Waals surface area contributed by atoms with Crippen LogP contribution in [0.4, 0.5) is 0 Å². The first-order valence-corrected chi connectivity index (χ1v) is 8.21. The second-order valence-electron chi connectivity index (χ2n) is 5.37. The van der Waals surface area contributed by atoms with Crippen molar-refractivity contribution in [2.24, 2.45) is 0 Å². The zero-order chi connectivity index (χ0) is 14.5. The Kier molecular flexibility index (Phi) is 5.06. The molecule has 1 unspecified atom stereocenters. The van der Waals surface area contributed by atoms with Gasteiger partial charge in [0.25, 0.3) is 0 Å². The van der Waals surface area contributed by atoms with Gasteiger partial charge in [0.15, 0.2) is 0 Å². The molecule has 1 atom stereocenters. The first kappa shape index (κ1) is 14.8. The molecular weight excluding hydrogens is 330 g/mol. The lowest BCUT2D eigenvalue weighted by Crippen LogP contribution is -2.33. The van der Waals surface area contributed by atoms with Crippen LogP contribution < -0.4 is 5.32 Å². The van der Waals surface area contributed by atoms with E-state index in [0.29, 0.717) is 6.04 Å². The average molecular weight is 350 g/mol. The molecule has 1 aliphatic heterocycles. The number of nitrogens with one attached hydrogen (secondary N) is 1. The Balaban J connectivity index is 1.58. The molecule has 112 valence electrons. The van der Waals surface area contributed by atoms with E-state index in [1.165, 1.54) is 12.8 Å². The van der Waals surface area contributed by atoms with Gasteiger partial charge < -0.3 is 9.73 Å². The summed E-state index contributed by atoms with van der Waals surface area (Å²) in [6, 6.07) is 8.42. The molecule has 2 aromatic rings. The molecule has 0 spiro atoms. The molecule has 3 rings (SSSR count). The number of hydrogen-bond acceptors (Lipinski definition) is 4. The number of likely N-dealkylation sites (tertiary alicyclic amines) is 1. The molecule has 5 heteroatoms. The van der Waals surface area contributed by atoms with Gasteiger partial charge in [-0.2, -0.15) is 0 Å². The SMILES string of the molecule is Brc1ccc(CNCC(c2ccco2)N2CCCC2)nc1. The van der Waals surface area contributed by atoms with Crippen LogP contribution in [0.25, 0.3) is 0 Å². The van der Waals surface area contributed by atoms with Crippen molar-refractivity contribution in [2.45, 2.75) is 25.4 Å². The molecule has 0 radical (unpaired) electrons. The lowest BCUT2D eigenvalue weighted by molar-refractivity contribution is 0.209. The molecule has 4 nitrogen and oxygen atoms in total. The summed E-state index contributed by atoms with van der Waals surface area (Å²) < 4.78 is 6.63. The van der Waals surface area contributed by atoms with Crippen LogP contribution in [-0.2, 0) is 6.54 Å². The van der Waals surface area contributed by atoms with E-state index in [0.717, 1.165) is 42.1 Å². The van der Waals surface area contributed by atoms with Crippen molar-refractivity contribution >= 4 is 15.9 Å². The minimum absolute atomic E-state index is 0.318. The normalized spacial score (nSPS) is 17.2. The number of rotatable bonds is 6. The second kappa shape index (κ2) is 7.20. The molecule has 1 N–H and O–H groups in total. The molecule has 0 bridgehead atoms. The summed E-state index contributed by atoms with van der Waals surface area (Å²) in [6.07, 6.45) is 6.16. The van der Waals surface area contributed by atoms with Gasteiger partial charge in [-0.1, -0.05) is 0 Å². The van der Waals surface area contributed by atoms with E-state index in [1.807, 2.05) is 24.4 Å². The predicted molar refractivity (Wildman–Crippen MR) is 85.9 cm³/mol. The van der Waals surface area contributed by atoms with Crippen molar-refractivity contribution in [3.05, 3.63) is 52.7 Å². The van der Waals surface area contributed by atoms with Gasteiger partial charge in [0.2, 0.25) is 0 Å². The lowest BCUT2D eigenvalue weighted by atomic mass is 10.2. The van der Waals surface area contributed by atoms with Gasteiger partial charge in [-0.3, -0.25) is 9.88 Å². The van der Waals surface area contributed by atoms with E-state index in [4.69, 9.17) is 4.42 Å². The highest BCUT2D eigenvalue weighted by Gasteiger charge is 2.24. The standard InChI is InChI=1S/C16H20BrN3O/c17-13-5-6-14(19-10-13)11-18-12-15(16-4-3-9-21-16)20-7-1-2-8-20/h3-6,9-10,15,18H,1-2,7-8,11-12H2. The molecule has 1 saturated heterocycles. The zero-order valence-electron chi connectivity index (χ0n) is 12.0. The number of hydrogen-bond donors (Lipinski definition) is 1. The van der Waals surface area contributed by atoms with Crippen LogP contribution in [0.15, 0.2) is 45.6 Å². The van der Waals surface area contributed by atoms with Crippen molar-refractivity contribution in [2.75, 3.05) is 19.6 Å². The molecule has 1 fully saturated rings. The van der Waals surface area contributed by atoms with Crippen LogP contribution in [-0.4, -0.2) is 29.5 Å². The number of halogens is 1. The molecule has 1 aliphatic rings. The summed E-state index contributed by atoms with van der Waals surface area (Å²) in [6.45, 7) is 3.97. The maximum absolute atomic E-state index is 5.62. The fourth-order valence-electron chi connectivity index (χ4n) is 2.79. The van der Waals surface area contributed by atoms with Crippen LogP contribution in [0.3, 0.4) is 0 Å². The summed E-state index contributed by atoms with van der Waals surface area (Å²) >= 11 is 3.41. The topological polar surface area (TPSA) is 41.3 Å². The van der Waals surface area contributed by atoms with E-state index in [2.05, 4.69) is 37.2 Å². The zero-order valence-corrected chi connectivity index (χ0v) is 13.6. The minimum Gasteiger partial charge on any atom is -0.468 e. The Hall–Kier alpha value is -1.17. The van der Waals surface area contributed by atoms with Crippen LogP contribution >= 0.6 is 15.9 Å². The van der Waals surface area contributed by atoms with Crippen LogP contribution in [0.2, 0.25) is 0 Å². The molecule has 0 amide bonds. The Morgan fingerprint density at radius 2 is 2.14 bits per heavy atom. The van der Waals surface area contributed by atoms with E-state index < -0.39 is 0 Å². The fourth-order valence-corrected chi connectivity index (χ4v) is 3.03. The highest BCUT2D eigenvalue weighted by Crippen LogP contribution is 2.24. The van der Waals surface area contributed by atoms with Gasteiger partial charge >= 0.3 is 0 Å². The number of nitrogens with zero attached hydrogens (tertiary/aromatic N) is 2. The van der Waals surface area contributed by atoms with Gasteiger partial charge in [0.05, 0.1) is 18.0 Å². The van der Waals surface area contributed by atoms with Crippen LogP contribution in [0, 0.1) is 0 Å². The largest absolute Gasteiger partial charge is 0.468 e. The van der Waals surface area contributed by atoms with Gasteiger partial charge in [-0.15, -0.1) is 0 Å². The summed E-state index contributed by atoms with van der Waals surface area (Å²) in [4.78, 5) is 6.89. The minimum atomic E-state index is 0.318. The Bertz CT molecular complexity index is 535. The highest BCUT2D eigenvalue weighted by molar-refractivity contribution is 9.10. The van der Waals surface area contributed by atoms with Gasteiger partial charge in [0.1, 0.15) is 5.76 Å². The monoisotopic (exact) mass is 349 g/mol. The fraction of sp³-hybridized carbons (Fsp3) is 0.438. The third kappa shape index (κ3) is 3.93. The maximum atomic E-state index is 5.62. The molecular formula is C16H20BrN3O. The van der Waals surface area contributed by atoms with Crippen LogP contribution in [0.5, 0.6) is 0 Å². The van der Waals surface area contributed by atoms with E-state index in [1.54, 1.807) is 6.26 Å². The summed E-state index contributed by atoms with van der Waals surface area (Å²) in [7, 11) is 0. The summed E-state index contributed by atoms with van der Waals surface area (Å²) in [5, 5.41) is 3.51. The van der Waals surface area contributed by atoms with Crippen molar-refractivity contribution in [3.63, 3.8) is 0 Å². The third-order valence-corrected chi connectivity index (χ3v) is 4.35. The first-order valence-electron chi connectivity index (χ1n) is 7.41. The highest BCUT2D eigenvalue weighted by atomic mass is 79.9. The average Bonchev–Trinajstić information content (AvgIpc) is 3.19. The van der Waals surface area contributed by atoms with E-state index >= 15 is 0 Å². The van der Waals surface area contributed by atoms with E-state index in [9.17, 15) is 0 Å². The predicted octanol–water partition coefficient (Wildman–Crippen LogP) is 3.36.